The van der Waals surface area contributed by atoms with Crippen molar-refractivity contribution in [3.63, 3.8) is 0 Å². The first-order chi connectivity index (χ1) is 12.1. The highest BCUT2D eigenvalue weighted by Gasteiger charge is 2.21. The number of carbonyl (C=O) groups excluding carboxylic acids is 1. The van der Waals surface area contributed by atoms with Gasteiger partial charge in [-0.05, 0) is 18.2 Å². The molecule has 0 spiro atoms. The Morgan fingerprint density at radius 3 is 2.64 bits per heavy atom. The molecule has 0 saturated carbocycles. The van der Waals surface area contributed by atoms with Gasteiger partial charge < -0.3 is 13.9 Å². The van der Waals surface area contributed by atoms with Crippen LogP contribution < -0.4 is 0 Å². The van der Waals surface area contributed by atoms with Crippen molar-refractivity contribution in [2.45, 2.75) is 6.29 Å². The van der Waals surface area contributed by atoms with Gasteiger partial charge in [-0.1, -0.05) is 18.2 Å². The van der Waals surface area contributed by atoms with Crippen LogP contribution >= 0.6 is 0 Å². The molecule has 0 N–H and O–H groups in total. The number of ether oxygens (including phenoxy) is 2. The smallest absolute Gasteiger partial charge is 0.270 e. The number of non-ortho nitro benzene ring substituents is 1. The summed E-state index contributed by atoms with van der Waals surface area (Å²) < 4.78 is 16.5. The summed E-state index contributed by atoms with van der Waals surface area (Å²) in [5, 5.41) is 11.6. The topological polar surface area (TPSA) is 91.8 Å². The average Bonchev–Trinajstić information content (AvgIpc) is 3.30. The molecule has 0 bridgehead atoms. The number of rotatable bonds is 4. The maximum atomic E-state index is 12.6. The fraction of sp³-hybridized carbons (Fsp3) is 0.167. The normalized spacial score (nSPS) is 14.9. The number of fused-ring (bicyclic) bond motifs is 1. The number of hydrogen-bond acceptors (Lipinski definition) is 6. The van der Waals surface area contributed by atoms with Crippen LogP contribution in [0.3, 0.4) is 0 Å². The molecule has 7 nitrogen and oxygen atoms in total. The Bertz CT molecular complexity index is 971. The Morgan fingerprint density at radius 2 is 1.88 bits per heavy atom. The van der Waals surface area contributed by atoms with Crippen molar-refractivity contribution >= 4 is 22.4 Å². The van der Waals surface area contributed by atoms with Crippen LogP contribution in [0.15, 0.2) is 52.9 Å². The highest BCUT2D eigenvalue weighted by Crippen LogP contribution is 2.29. The summed E-state index contributed by atoms with van der Waals surface area (Å²) >= 11 is 0. The van der Waals surface area contributed by atoms with Gasteiger partial charge >= 0.3 is 0 Å². The largest absolute Gasteiger partial charge is 0.453 e. The van der Waals surface area contributed by atoms with Crippen molar-refractivity contribution in [1.29, 1.82) is 0 Å². The van der Waals surface area contributed by atoms with Gasteiger partial charge in [-0.15, -0.1) is 0 Å². The minimum absolute atomic E-state index is 0.126. The van der Waals surface area contributed by atoms with E-state index in [-0.39, 0.29) is 17.0 Å². The highest BCUT2D eigenvalue weighted by molar-refractivity contribution is 6.09. The number of nitro benzene ring substituents is 1. The molecule has 7 heteroatoms. The van der Waals surface area contributed by atoms with E-state index in [1.807, 2.05) is 12.1 Å². The maximum absolute atomic E-state index is 12.6. The third-order valence-electron chi connectivity index (χ3n) is 3.98. The monoisotopic (exact) mass is 339 g/mol. The van der Waals surface area contributed by atoms with E-state index in [0.717, 1.165) is 10.9 Å². The number of benzene rings is 2. The van der Waals surface area contributed by atoms with Crippen LogP contribution in [0.25, 0.3) is 11.0 Å². The molecular weight excluding hydrogens is 326 g/mol. The van der Waals surface area contributed by atoms with E-state index < -0.39 is 17.0 Å². The van der Waals surface area contributed by atoms with E-state index in [1.165, 1.54) is 24.3 Å². The van der Waals surface area contributed by atoms with Gasteiger partial charge in [-0.2, -0.15) is 0 Å². The molecule has 0 radical (unpaired) electrons. The molecule has 1 saturated heterocycles. The molecule has 25 heavy (non-hydrogen) atoms. The lowest BCUT2D eigenvalue weighted by molar-refractivity contribution is -0.384. The fourth-order valence-electron chi connectivity index (χ4n) is 2.77. The first-order valence-electron chi connectivity index (χ1n) is 7.68. The summed E-state index contributed by atoms with van der Waals surface area (Å²) in [7, 11) is 0. The zero-order chi connectivity index (χ0) is 17.4. The minimum Gasteiger partial charge on any atom is -0.453 e. The maximum Gasteiger partial charge on any atom is 0.270 e. The molecule has 4 rings (SSSR count). The van der Waals surface area contributed by atoms with Crippen LogP contribution in [0, 0.1) is 10.1 Å². The molecular formula is C18H13NO6. The van der Waals surface area contributed by atoms with Gasteiger partial charge in [0.2, 0.25) is 5.78 Å². The Morgan fingerprint density at radius 1 is 1.08 bits per heavy atom. The summed E-state index contributed by atoms with van der Waals surface area (Å²) in [5.74, 6) is -0.282. The van der Waals surface area contributed by atoms with Crippen LogP contribution in [0.4, 0.5) is 5.69 Å². The number of hydrogen-bond donors (Lipinski definition) is 0. The van der Waals surface area contributed by atoms with E-state index in [4.69, 9.17) is 13.9 Å². The molecule has 1 aromatic heterocycles. The van der Waals surface area contributed by atoms with E-state index in [2.05, 4.69) is 0 Å². The standard InChI is InChI=1S/C18H13NO6/c20-17(11-2-1-3-14(9-11)19(21)22)16-10-13-8-12(4-5-15(13)25-16)18-23-6-7-24-18/h1-5,8-10,18H,6-7H2. The molecule has 1 aliphatic rings. The molecule has 0 unspecified atom stereocenters. The first kappa shape index (κ1) is 15.5. The van der Waals surface area contributed by atoms with Gasteiger partial charge in [0.05, 0.1) is 18.1 Å². The Labute approximate surface area is 141 Å². The van der Waals surface area contributed by atoms with Gasteiger partial charge in [0, 0.05) is 28.6 Å². The predicted octanol–water partition coefficient (Wildman–Crippen LogP) is 3.62. The second-order valence-corrected chi connectivity index (χ2v) is 5.62. The molecule has 1 aliphatic heterocycles. The third kappa shape index (κ3) is 2.90. The number of ketones is 1. The quantitative estimate of drug-likeness (QED) is 0.409. The van der Waals surface area contributed by atoms with Crippen molar-refractivity contribution in [2.75, 3.05) is 13.2 Å². The Hall–Kier alpha value is -3.03. The molecule has 1 fully saturated rings. The molecule has 126 valence electrons. The minimum atomic E-state index is -0.538. The second kappa shape index (κ2) is 6.12. The zero-order valence-electron chi connectivity index (χ0n) is 13.0. The van der Waals surface area contributed by atoms with Gasteiger partial charge in [0.25, 0.3) is 5.69 Å². The van der Waals surface area contributed by atoms with Crippen LogP contribution in [-0.4, -0.2) is 23.9 Å². The lowest BCUT2D eigenvalue weighted by atomic mass is 10.1. The average molecular weight is 339 g/mol. The third-order valence-corrected chi connectivity index (χ3v) is 3.98. The summed E-state index contributed by atoms with van der Waals surface area (Å²) in [6.07, 6.45) is -0.407. The van der Waals surface area contributed by atoms with Crippen molar-refractivity contribution < 1.29 is 23.6 Å². The molecule has 0 aliphatic carbocycles. The molecule has 3 aromatic rings. The number of nitrogens with zero attached hydrogens (tertiary/aromatic N) is 1. The van der Waals surface area contributed by atoms with E-state index in [0.29, 0.717) is 18.8 Å². The van der Waals surface area contributed by atoms with Gasteiger partial charge in [0.15, 0.2) is 12.1 Å². The number of nitro groups is 1. The lowest BCUT2D eigenvalue weighted by Crippen LogP contribution is -2.00. The molecule has 0 amide bonds. The van der Waals surface area contributed by atoms with Crippen molar-refractivity contribution in [2.24, 2.45) is 0 Å². The summed E-state index contributed by atoms with van der Waals surface area (Å²) in [6, 6.07) is 12.6. The molecule has 0 atom stereocenters. The lowest BCUT2D eigenvalue weighted by Gasteiger charge is -2.08. The molecule has 2 heterocycles. The van der Waals surface area contributed by atoms with Crippen LogP contribution in [0.5, 0.6) is 0 Å². The molecule has 2 aromatic carbocycles. The number of furan rings is 1. The highest BCUT2D eigenvalue weighted by atomic mass is 16.7. The van der Waals surface area contributed by atoms with Crippen molar-refractivity contribution in [3.8, 4) is 0 Å². The van der Waals surface area contributed by atoms with Gasteiger partial charge in [-0.25, -0.2) is 0 Å². The Kier molecular flexibility index (Phi) is 3.79. The SMILES string of the molecule is O=C(c1cccc([N+](=O)[O-])c1)c1cc2cc(C3OCCO3)ccc2o1. The number of carbonyl (C=O) groups is 1. The van der Waals surface area contributed by atoms with Crippen LogP contribution in [0.2, 0.25) is 0 Å². The second-order valence-electron chi connectivity index (χ2n) is 5.62. The van der Waals surface area contributed by atoms with Crippen molar-refractivity contribution in [1.82, 2.24) is 0 Å². The fourth-order valence-corrected chi connectivity index (χ4v) is 2.77. The van der Waals surface area contributed by atoms with Crippen LogP contribution in [0.1, 0.15) is 28.0 Å². The van der Waals surface area contributed by atoms with Gasteiger partial charge in [-0.3, -0.25) is 14.9 Å². The van der Waals surface area contributed by atoms with Crippen molar-refractivity contribution in [3.05, 3.63) is 75.5 Å². The summed E-state index contributed by atoms with van der Waals surface area (Å²) in [5.41, 5.74) is 1.46. The predicted molar refractivity (Wildman–Crippen MR) is 87.4 cm³/mol. The van der Waals surface area contributed by atoms with Gasteiger partial charge in [0.1, 0.15) is 5.58 Å². The Balaban J connectivity index is 1.68. The summed E-state index contributed by atoms with van der Waals surface area (Å²) in [4.78, 5) is 22.9. The zero-order valence-corrected chi connectivity index (χ0v) is 13.0. The summed E-state index contributed by atoms with van der Waals surface area (Å²) in [6.45, 7) is 1.09. The van der Waals surface area contributed by atoms with E-state index >= 15 is 0 Å². The van der Waals surface area contributed by atoms with Crippen LogP contribution in [-0.2, 0) is 9.47 Å². The van der Waals surface area contributed by atoms with E-state index in [9.17, 15) is 14.9 Å². The van der Waals surface area contributed by atoms with E-state index in [1.54, 1.807) is 12.1 Å². The first-order valence-corrected chi connectivity index (χ1v) is 7.68.